The molecule has 0 radical (unpaired) electrons. The van der Waals surface area contributed by atoms with Gasteiger partial charge in [-0.2, -0.15) is 4.37 Å². The SMILES string of the molecule is S=C(S)/N=c1\snc(Nc2ccc(Br)cc2)n1-c1ccc(Br)cc1. The second-order valence-electron chi connectivity index (χ2n) is 4.63. The zero-order valence-corrected chi connectivity index (χ0v) is 17.7. The van der Waals surface area contributed by atoms with Crippen LogP contribution in [0.4, 0.5) is 11.6 Å². The number of aromatic nitrogens is 2. The van der Waals surface area contributed by atoms with Crippen LogP contribution in [-0.4, -0.2) is 13.3 Å². The van der Waals surface area contributed by atoms with Crippen molar-refractivity contribution >= 4 is 84.2 Å². The number of hydrogen-bond acceptors (Lipinski definition) is 4. The van der Waals surface area contributed by atoms with Gasteiger partial charge in [0.05, 0.1) is 5.69 Å². The molecule has 2 aromatic carbocycles. The quantitative estimate of drug-likeness (QED) is 0.377. The molecule has 3 rings (SSSR count). The lowest BCUT2D eigenvalue weighted by atomic mass is 10.3. The van der Waals surface area contributed by atoms with Gasteiger partial charge in [-0.05, 0) is 48.5 Å². The molecule has 0 aliphatic carbocycles. The molecule has 0 aliphatic heterocycles. The maximum absolute atomic E-state index is 4.99. The summed E-state index contributed by atoms with van der Waals surface area (Å²) in [6.07, 6.45) is 0. The summed E-state index contributed by atoms with van der Waals surface area (Å²) >= 11 is 17.2. The molecule has 3 aromatic rings. The maximum Gasteiger partial charge on any atom is 0.225 e. The standard InChI is InChI=1S/C15H10Br2N4S3/c16-9-1-5-11(6-2-9)18-13-20-24-14(19-15(22)23)21(13)12-7-3-10(17)4-8-12/h1-8H,(H,18,20)(H,22,23)/b19-14-. The summed E-state index contributed by atoms with van der Waals surface area (Å²) in [5.74, 6) is 0.660. The van der Waals surface area contributed by atoms with E-state index in [9.17, 15) is 0 Å². The second kappa shape index (κ2) is 7.92. The first-order chi connectivity index (χ1) is 11.5. The molecule has 0 unspecified atom stereocenters. The van der Waals surface area contributed by atoms with Crippen LogP contribution >= 0.6 is 68.2 Å². The van der Waals surface area contributed by atoms with Crippen molar-refractivity contribution in [1.29, 1.82) is 0 Å². The molecule has 4 nitrogen and oxygen atoms in total. The molecule has 0 saturated heterocycles. The van der Waals surface area contributed by atoms with Crippen LogP contribution in [0.15, 0.2) is 62.5 Å². The summed E-state index contributed by atoms with van der Waals surface area (Å²) in [6, 6.07) is 15.8. The van der Waals surface area contributed by atoms with Crippen molar-refractivity contribution in [2.45, 2.75) is 0 Å². The van der Waals surface area contributed by atoms with Crippen molar-refractivity contribution in [3.05, 3.63) is 62.3 Å². The summed E-state index contributed by atoms with van der Waals surface area (Å²) in [7, 11) is 0. The van der Waals surface area contributed by atoms with E-state index in [1.54, 1.807) is 0 Å². The molecule has 1 aromatic heterocycles. The highest BCUT2D eigenvalue weighted by molar-refractivity contribution is 9.10. The Kier molecular flexibility index (Phi) is 5.88. The van der Waals surface area contributed by atoms with E-state index in [0.717, 1.165) is 20.3 Å². The molecule has 122 valence electrons. The number of nitrogens with one attached hydrogen (secondary N) is 1. The van der Waals surface area contributed by atoms with Crippen LogP contribution < -0.4 is 10.1 Å². The number of thiocarbonyl (C=S) groups is 1. The first-order valence-corrected chi connectivity index (χ1v) is 9.89. The van der Waals surface area contributed by atoms with Gasteiger partial charge in [-0.1, -0.05) is 44.1 Å². The molecular formula is C15H10Br2N4S3. The van der Waals surface area contributed by atoms with E-state index in [4.69, 9.17) is 12.2 Å². The average Bonchev–Trinajstić information content (AvgIpc) is 2.92. The number of halogens is 2. The van der Waals surface area contributed by atoms with E-state index in [1.807, 2.05) is 53.1 Å². The minimum atomic E-state index is 0.264. The van der Waals surface area contributed by atoms with E-state index >= 15 is 0 Å². The average molecular weight is 502 g/mol. The fraction of sp³-hybridized carbons (Fsp3) is 0. The lowest BCUT2D eigenvalue weighted by molar-refractivity contribution is 1.00. The largest absolute Gasteiger partial charge is 0.325 e. The van der Waals surface area contributed by atoms with Gasteiger partial charge in [-0.25, -0.2) is 4.99 Å². The molecule has 0 amide bonds. The van der Waals surface area contributed by atoms with Gasteiger partial charge in [0.25, 0.3) is 0 Å². The van der Waals surface area contributed by atoms with Crippen molar-refractivity contribution in [3.63, 3.8) is 0 Å². The van der Waals surface area contributed by atoms with E-state index < -0.39 is 0 Å². The molecular weight excluding hydrogens is 492 g/mol. The van der Waals surface area contributed by atoms with Gasteiger partial charge in [-0.15, -0.1) is 12.6 Å². The minimum absolute atomic E-state index is 0.264. The zero-order valence-electron chi connectivity index (χ0n) is 12.0. The van der Waals surface area contributed by atoms with Gasteiger partial charge in [0.1, 0.15) is 0 Å². The lowest BCUT2D eigenvalue weighted by Gasteiger charge is -2.09. The fourth-order valence-electron chi connectivity index (χ4n) is 1.97. The summed E-state index contributed by atoms with van der Waals surface area (Å²) in [5.41, 5.74) is 1.85. The summed E-state index contributed by atoms with van der Waals surface area (Å²) in [5, 5.41) is 3.31. The van der Waals surface area contributed by atoms with E-state index in [1.165, 1.54) is 11.5 Å². The van der Waals surface area contributed by atoms with Crippen LogP contribution in [0.3, 0.4) is 0 Å². The summed E-state index contributed by atoms with van der Waals surface area (Å²) in [4.78, 5) is 4.94. The third-order valence-electron chi connectivity index (χ3n) is 2.99. The molecule has 0 spiro atoms. The van der Waals surface area contributed by atoms with Crippen molar-refractivity contribution in [3.8, 4) is 5.69 Å². The Labute approximate surface area is 170 Å². The highest BCUT2D eigenvalue weighted by Crippen LogP contribution is 2.21. The number of rotatable bonds is 3. The van der Waals surface area contributed by atoms with Gasteiger partial charge < -0.3 is 5.32 Å². The van der Waals surface area contributed by atoms with E-state index in [-0.39, 0.29) is 4.32 Å². The predicted molar refractivity (Wildman–Crippen MR) is 114 cm³/mol. The third kappa shape index (κ3) is 4.34. The van der Waals surface area contributed by atoms with Gasteiger partial charge >= 0.3 is 0 Å². The highest BCUT2D eigenvalue weighted by Gasteiger charge is 2.10. The lowest BCUT2D eigenvalue weighted by Crippen LogP contribution is -2.15. The molecule has 0 aliphatic rings. The molecule has 1 N–H and O–H groups in total. The van der Waals surface area contributed by atoms with Crippen molar-refractivity contribution < 1.29 is 0 Å². The number of benzene rings is 2. The number of anilines is 2. The van der Waals surface area contributed by atoms with Crippen LogP contribution in [0.5, 0.6) is 0 Å². The molecule has 9 heteroatoms. The van der Waals surface area contributed by atoms with Gasteiger partial charge in [0, 0.05) is 26.2 Å². The molecule has 1 heterocycles. The summed E-state index contributed by atoms with van der Waals surface area (Å²) in [6.45, 7) is 0. The Morgan fingerprint density at radius 3 is 2.25 bits per heavy atom. The number of nitrogens with zero attached hydrogens (tertiary/aromatic N) is 3. The monoisotopic (exact) mass is 500 g/mol. The normalized spacial score (nSPS) is 11.5. The highest BCUT2D eigenvalue weighted by atomic mass is 79.9. The fourth-order valence-corrected chi connectivity index (χ4v) is 3.51. The maximum atomic E-state index is 4.99. The van der Waals surface area contributed by atoms with Crippen LogP contribution in [0, 0.1) is 0 Å². The number of thiol groups is 1. The van der Waals surface area contributed by atoms with Crippen molar-refractivity contribution in [1.82, 2.24) is 8.94 Å². The van der Waals surface area contributed by atoms with Gasteiger partial charge in [0.2, 0.25) is 10.7 Å². The molecule has 0 fully saturated rings. The van der Waals surface area contributed by atoms with Crippen molar-refractivity contribution in [2.24, 2.45) is 4.99 Å². The van der Waals surface area contributed by atoms with Crippen LogP contribution in [0.25, 0.3) is 5.69 Å². The molecule has 0 bridgehead atoms. The second-order valence-corrected chi connectivity index (χ2v) is 8.30. The van der Waals surface area contributed by atoms with Crippen molar-refractivity contribution in [2.75, 3.05) is 5.32 Å². The van der Waals surface area contributed by atoms with Crippen LogP contribution in [0.1, 0.15) is 0 Å². The van der Waals surface area contributed by atoms with Gasteiger partial charge in [-0.3, -0.25) is 4.57 Å². The Balaban J connectivity index is 2.09. The molecule has 0 atom stereocenters. The van der Waals surface area contributed by atoms with Crippen LogP contribution in [-0.2, 0) is 0 Å². The summed E-state index contributed by atoms with van der Waals surface area (Å²) < 4.78 is 8.65. The van der Waals surface area contributed by atoms with E-state index in [0.29, 0.717) is 10.7 Å². The van der Waals surface area contributed by atoms with Crippen LogP contribution in [0.2, 0.25) is 0 Å². The minimum Gasteiger partial charge on any atom is -0.325 e. The zero-order chi connectivity index (χ0) is 17.1. The Hall–Kier alpha value is -1.00. The number of hydrogen-bond donors (Lipinski definition) is 2. The first-order valence-electron chi connectivity index (χ1n) is 6.68. The Morgan fingerprint density at radius 2 is 1.67 bits per heavy atom. The molecule has 24 heavy (non-hydrogen) atoms. The predicted octanol–water partition coefficient (Wildman–Crippen LogP) is 5.32. The third-order valence-corrected chi connectivity index (χ3v) is 4.94. The Morgan fingerprint density at radius 1 is 1.08 bits per heavy atom. The van der Waals surface area contributed by atoms with Gasteiger partial charge in [0.15, 0.2) is 4.32 Å². The topological polar surface area (TPSA) is 42.2 Å². The molecule has 0 saturated carbocycles. The smallest absolute Gasteiger partial charge is 0.225 e. The Bertz CT molecular complexity index is 931. The van der Waals surface area contributed by atoms with E-state index in [2.05, 4.69) is 59.2 Å². The first kappa shape index (κ1) is 17.8.